The van der Waals surface area contributed by atoms with Gasteiger partial charge < -0.3 is 14.9 Å². The first-order chi connectivity index (χ1) is 19.1. The number of carbonyl (C=O) groups excluding carboxylic acids is 4. The van der Waals surface area contributed by atoms with Crippen LogP contribution in [0, 0.1) is 17.8 Å². The maximum Gasteiger partial charge on any atom is 0.335 e. The second-order valence-electron chi connectivity index (χ2n) is 10.5. The number of fused-ring (bicyclic) bond motifs is 3. The standard InChI is InChI=1S/C31H25NO8/c1-14-11-22(34)20-13-19-17(25(26(20)28(14)35)27-21(33)7-4-8-23(27)40-2)9-10-18-24(19)30(37)32(29(18)36)16-6-3-5-15(12-16)31(38)39/h3-9,11-12,18-19,24-25,33H,10,13H2,1-2H3,(H,38,39)/t18-,19+,24-,25-/m0/s1. The van der Waals surface area contributed by atoms with Crippen molar-refractivity contribution >= 4 is 35.0 Å². The van der Waals surface area contributed by atoms with Gasteiger partial charge in [-0.25, -0.2) is 4.79 Å². The number of hydrogen-bond acceptors (Lipinski definition) is 7. The molecular weight excluding hydrogens is 514 g/mol. The SMILES string of the molecule is COc1cccc(O)c1[C@H]1C2=CC[C@@H]3C(=O)N(c4cccc(C(=O)O)c4)C(=O)[C@@H]3[C@@H]2CC2=C1C(=O)C(C)=CC2=O. The van der Waals surface area contributed by atoms with Gasteiger partial charge in [0, 0.05) is 28.2 Å². The lowest BCUT2D eigenvalue weighted by Crippen LogP contribution is -2.40. The third kappa shape index (κ3) is 3.57. The van der Waals surface area contributed by atoms with Crippen molar-refractivity contribution in [3.05, 3.63) is 88.0 Å². The summed E-state index contributed by atoms with van der Waals surface area (Å²) in [6.45, 7) is 1.57. The van der Waals surface area contributed by atoms with E-state index in [-0.39, 0.29) is 58.1 Å². The van der Waals surface area contributed by atoms with Crippen molar-refractivity contribution in [1.29, 1.82) is 0 Å². The van der Waals surface area contributed by atoms with E-state index in [1.54, 1.807) is 19.1 Å². The van der Waals surface area contributed by atoms with Crippen LogP contribution < -0.4 is 9.64 Å². The van der Waals surface area contributed by atoms with E-state index >= 15 is 0 Å². The fraction of sp³-hybridized carbons (Fsp3) is 0.258. The molecule has 0 spiro atoms. The number of amides is 2. The molecule has 2 N–H and O–H groups in total. The fourth-order valence-corrected chi connectivity index (χ4v) is 6.73. The molecule has 0 unspecified atom stereocenters. The minimum absolute atomic E-state index is 0.0561. The number of imide groups is 1. The number of aromatic hydroxyl groups is 1. The lowest BCUT2D eigenvalue weighted by molar-refractivity contribution is -0.123. The summed E-state index contributed by atoms with van der Waals surface area (Å²) in [5.41, 5.74) is 1.92. The minimum atomic E-state index is -1.18. The quantitative estimate of drug-likeness (QED) is 0.341. The molecule has 9 heteroatoms. The van der Waals surface area contributed by atoms with Gasteiger partial charge in [-0.05, 0) is 62.1 Å². The number of rotatable bonds is 4. The third-order valence-electron chi connectivity index (χ3n) is 8.47. The van der Waals surface area contributed by atoms with E-state index in [1.807, 2.05) is 6.08 Å². The summed E-state index contributed by atoms with van der Waals surface area (Å²) >= 11 is 0. The van der Waals surface area contributed by atoms with Crippen molar-refractivity contribution in [2.75, 3.05) is 12.0 Å². The van der Waals surface area contributed by atoms with Crippen LogP contribution in [0.3, 0.4) is 0 Å². The Labute approximate surface area is 229 Å². The van der Waals surface area contributed by atoms with Gasteiger partial charge in [0.2, 0.25) is 11.8 Å². The highest BCUT2D eigenvalue weighted by Gasteiger charge is 2.57. The number of Topliss-reactive ketones (excluding diaryl/α,β-unsaturated/α-hetero) is 1. The van der Waals surface area contributed by atoms with Crippen molar-refractivity contribution in [2.24, 2.45) is 17.8 Å². The number of carbonyl (C=O) groups is 5. The van der Waals surface area contributed by atoms with Gasteiger partial charge in [-0.1, -0.05) is 23.8 Å². The van der Waals surface area contributed by atoms with E-state index in [0.29, 0.717) is 16.9 Å². The molecule has 1 fully saturated rings. The number of nitrogens with zero attached hydrogens (tertiary/aromatic N) is 1. The number of hydrogen-bond donors (Lipinski definition) is 2. The molecular formula is C31H25NO8. The lowest BCUT2D eigenvalue weighted by Gasteiger charge is -2.42. The normalized spacial score (nSPS) is 25.7. The maximum absolute atomic E-state index is 14.0. The van der Waals surface area contributed by atoms with Crippen LogP contribution in [0.5, 0.6) is 11.5 Å². The number of phenolic OH excluding ortho intramolecular Hbond substituents is 1. The first-order valence-electron chi connectivity index (χ1n) is 12.9. The summed E-state index contributed by atoms with van der Waals surface area (Å²) in [5, 5.41) is 20.4. The summed E-state index contributed by atoms with van der Waals surface area (Å²) in [6, 6.07) is 10.4. The molecule has 1 saturated heterocycles. The summed E-state index contributed by atoms with van der Waals surface area (Å²) in [6.07, 6.45) is 3.44. The largest absolute Gasteiger partial charge is 0.507 e. The molecule has 2 aromatic carbocycles. The van der Waals surface area contributed by atoms with Gasteiger partial charge in [-0.2, -0.15) is 0 Å². The zero-order chi connectivity index (χ0) is 28.5. The second kappa shape index (κ2) is 9.15. The van der Waals surface area contributed by atoms with Gasteiger partial charge in [0.15, 0.2) is 11.6 Å². The highest BCUT2D eigenvalue weighted by Crippen LogP contribution is 2.57. The van der Waals surface area contributed by atoms with Gasteiger partial charge in [-0.15, -0.1) is 0 Å². The van der Waals surface area contributed by atoms with Crippen LogP contribution in [0.1, 0.15) is 41.6 Å². The second-order valence-corrected chi connectivity index (χ2v) is 10.5. The molecule has 3 aliphatic carbocycles. The first-order valence-corrected chi connectivity index (χ1v) is 12.9. The molecule has 9 nitrogen and oxygen atoms in total. The third-order valence-corrected chi connectivity index (χ3v) is 8.47. The summed E-state index contributed by atoms with van der Waals surface area (Å²) < 4.78 is 5.56. The van der Waals surface area contributed by atoms with Crippen molar-refractivity contribution in [3.63, 3.8) is 0 Å². The predicted molar refractivity (Wildman–Crippen MR) is 142 cm³/mol. The van der Waals surface area contributed by atoms with Gasteiger partial charge in [0.05, 0.1) is 30.2 Å². The number of phenols is 1. The van der Waals surface area contributed by atoms with Crippen molar-refractivity contribution in [1.82, 2.24) is 0 Å². The zero-order valence-corrected chi connectivity index (χ0v) is 21.7. The van der Waals surface area contributed by atoms with E-state index in [2.05, 4.69) is 0 Å². The molecule has 6 rings (SSSR count). The zero-order valence-electron chi connectivity index (χ0n) is 21.7. The smallest absolute Gasteiger partial charge is 0.335 e. The number of carboxylic acids is 1. The molecule has 1 aliphatic heterocycles. The molecule has 40 heavy (non-hydrogen) atoms. The topological polar surface area (TPSA) is 138 Å². The number of ether oxygens (including phenoxy) is 1. The number of methoxy groups -OCH3 is 1. The highest BCUT2D eigenvalue weighted by atomic mass is 16.5. The Hall–Kier alpha value is -4.79. The van der Waals surface area contributed by atoms with Crippen LogP contribution in [0.4, 0.5) is 5.69 Å². The van der Waals surface area contributed by atoms with E-state index in [4.69, 9.17) is 4.74 Å². The number of allylic oxidation sites excluding steroid dienone is 6. The van der Waals surface area contributed by atoms with Crippen LogP contribution in [0.2, 0.25) is 0 Å². The van der Waals surface area contributed by atoms with Crippen LogP contribution >= 0.6 is 0 Å². The summed E-state index contributed by atoms with van der Waals surface area (Å²) in [5.74, 6) is -5.53. The maximum atomic E-state index is 14.0. The number of benzene rings is 2. The molecule has 0 radical (unpaired) electrons. The van der Waals surface area contributed by atoms with Crippen LogP contribution in [-0.2, 0) is 19.2 Å². The Morgan fingerprint density at radius 2 is 1.77 bits per heavy atom. The van der Waals surface area contributed by atoms with Crippen molar-refractivity contribution in [3.8, 4) is 11.5 Å². The molecule has 2 aromatic rings. The van der Waals surface area contributed by atoms with Crippen molar-refractivity contribution in [2.45, 2.75) is 25.7 Å². The van der Waals surface area contributed by atoms with Gasteiger partial charge in [-0.3, -0.25) is 24.1 Å². The van der Waals surface area contributed by atoms with Gasteiger partial charge in [0.1, 0.15) is 11.5 Å². The number of anilines is 1. The molecule has 202 valence electrons. The fourth-order valence-electron chi connectivity index (χ4n) is 6.73. The molecule has 0 saturated carbocycles. The minimum Gasteiger partial charge on any atom is -0.507 e. The first kappa shape index (κ1) is 25.5. The molecule has 1 heterocycles. The highest BCUT2D eigenvalue weighted by molar-refractivity contribution is 6.25. The van der Waals surface area contributed by atoms with E-state index in [0.717, 1.165) is 4.90 Å². The molecule has 0 bridgehead atoms. The molecule has 0 aromatic heterocycles. The van der Waals surface area contributed by atoms with E-state index in [1.165, 1.54) is 43.5 Å². The summed E-state index contributed by atoms with van der Waals surface area (Å²) in [4.78, 5) is 66.9. The predicted octanol–water partition coefficient (Wildman–Crippen LogP) is 3.73. The Bertz CT molecular complexity index is 1640. The average Bonchev–Trinajstić information content (AvgIpc) is 3.20. The monoisotopic (exact) mass is 539 g/mol. The Morgan fingerprint density at radius 3 is 2.50 bits per heavy atom. The van der Waals surface area contributed by atoms with Crippen LogP contribution in [-0.4, -0.2) is 46.7 Å². The van der Waals surface area contributed by atoms with Crippen LogP contribution in [0.25, 0.3) is 0 Å². The van der Waals surface area contributed by atoms with Crippen LogP contribution in [0.15, 0.2) is 76.9 Å². The van der Waals surface area contributed by atoms with Gasteiger partial charge in [0.25, 0.3) is 0 Å². The molecule has 4 aliphatic rings. The Kier molecular flexibility index (Phi) is 5.83. The number of carboxylic acid groups (broad SMARTS) is 1. The lowest BCUT2D eigenvalue weighted by atomic mass is 9.59. The van der Waals surface area contributed by atoms with Gasteiger partial charge >= 0.3 is 5.97 Å². The average molecular weight is 540 g/mol. The molecule has 4 atom stereocenters. The van der Waals surface area contributed by atoms with E-state index in [9.17, 15) is 34.2 Å². The molecule has 2 amide bonds. The summed E-state index contributed by atoms with van der Waals surface area (Å²) in [7, 11) is 1.44. The van der Waals surface area contributed by atoms with Crippen molar-refractivity contribution < 1.29 is 38.9 Å². The Balaban J connectivity index is 1.51. The van der Waals surface area contributed by atoms with E-state index < -0.39 is 41.5 Å². The number of ketones is 2. The Morgan fingerprint density at radius 1 is 1.02 bits per heavy atom. The number of aromatic carboxylic acids is 1.